The molecule has 5 nitrogen and oxygen atoms in total. The van der Waals surface area contributed by atoms with E-state index in [1.807, 2.05) is 37.6 Å². The van der Waals surface area contributed by atoms with E-state index in [2.05, 4.69) is 4.98 Å². The van der Waals surface area contributed by atoms with Gasteiger partial charge in [0.05, 0.1) is 11.4 Å². The summed E-state index contributed by atoms with van der Waals surface area (Å²) in [5, 5.41) is 0. The molecular formula is C13H15N3O2. The predicted molar refractivity (Wildman–Crippen MR) is 68.7 cm³/mol. The van der Waals surface area contributed by atoms with Gasteiger partial charge in [0.2, 0.25) is 12.7 Å². The van der Waals surface area contributed by atoms with Crippen molar-refractivity contribution in [2.75, 3.05) is 12.5 Å². The van der Waals surface area contributed by atoms with Crippen LogP contribution in [0.1, 0.15) is 11.3 Å². The number of anilines is 1. The highest BCUT2D eigenvalue weighted by atomic mass is 16.7. The van der Waals surface area contributed by atoms with Crippen LogP contribution in [0, 0.1) is 13.8 Å². The molecule has 0 saturated carbocycles. The van der Waals surface area contributed by atoms with Gasteiger partial charge in [0.1, 0.15) is 0 Å². The van der Waals surface area contributed by atoms with Crippen molar-refractivity contribution in [3.05, 3.63) is 23.4 Å². The molecule has 0 fully saturated rings. The molecule has 0 atom stereocenters. The third-order valence-electron chi connectivity index (χ3n) is 3.28. The van der Waals surface area contributed by atoms with Gasteiger partial charge in [0.25, 0.3) is 0 Å². The molecule has 0 spiro atoms. The Hall–Kier alpha value is -2.17. The Bertz CT molecular complexity index is 632. The molecule has 1 aromatic heterocycles. The third-order valence-corrected chi connectivity index (χ3v) is 3.28. The number of nitrogens with zero attached hydrogens (tertiary/aromatic N) is 2. The van der Waals surface area contributed by atoms with Gasteiger partial charge in [0.15, 0.2) is 11.5 Å². The number of imidazole rings is 1. The average molecular weight is 245 g/mol. The number of aromatic nitrogens is 2. The van der Waals surface area contributed by atoms with Crippen LogP contribution in [-0.2, 0) is 7.05 Å². The Balaban J connectivity index is 2.23. The van der Waals surface area contributed by atoms with E-state index in [1.165, 1.54) is 0 Å². The Kier molecular flexibility index (Phi) is 2.23. The number of hydrogen-bond acceptors (Lipinski definition) is 4. The number of nitrogen functional groups attached to an aromatic ring is 1. The highest BCUT2D eigenvalue weighted by Crippen LogP contribution is 2.39. The lowest BCUT2D eigenvalue weighted by atomic mass is 10.0. The van der Waals surface area contributed by atoms with Crippen LogP contribution >= 0.6 is 0 Å². The summed E-state index contributed by atoms with van der Waals surface area (Å²) in [6.07, 6.45) is 0. The van der Waals surface area contributed by atoms with Gasteiger partial charge in [-0.15, -0.1) is 0 Å². The molecule has 1 aromatic carbocycles. The Morgan fingerprint density at radius 1 is 1.22 bits per heavy atom. The van der Waals surface area contributed by atoms with Crippen molar-refractivity contribution in [3.63, 3.8) is 0 Å². The maximum atomic E-state index is 5.84. The normalized spacial score (nSPS) is 13.1. The highest BCUT2D eigenvalue weighted by Gasteiger charge is 2.20. The molecule has 94 valence electrons. The van der Waals surface area contributed by atoms with E-state index in [9.17, 15) is 0 Å². The van der Waals surface area contributed by atoms with Crippen LogP contribution in [0.15, 0.2) is 12.1 Å². The van der Waals surface area contributed by atoms with E-state index in [1.54, 1.807) is 0 Å². The lowest BCUT2D eigenvalue weighted by Gasteiger charge is -2.09. The topological polar surface area (TPSA) is 62.3 Å². The summed E-state index contributed by atoms with van der Waals surface area (Å²) in [7, 11) is 1.91. The lowest BCUT2D eigenvalue weighted by molar-refractivity contribution is 0.174. The van der Waals surface area contributed by atoms with Crippen LogP contribution in [0.5, 0.6) is 11.5 Å². The minimum Gasteiger partial charge on any atom is -0.454 e. The molecule has 5 heteroatoms. The van der Waals surface area contributed by atoms with E-state index in [4.69, 9.17) is 15.2 Å². The number of rotatable bonds is 1. The smallest absolute Gasteiger partial charge is 0.231 e. The van der Waals surface area contributed by atoms with Gasteiger partial charge in [-0.3, -0.25) is 0 Å². The second-order valence-corrected chi connectivity index (χ2v) is 4.48. The number of nitrogens with two attached hydrogens (primary N) is 1. The van der Waals surface area contributed by atoms with Gasteiger partial charge in [-0.1, -0.05) is 0 Å². The summed E-state index contributed by atoms with van der Waals surface area (Å²) in [6, 6.07) is 3.97. The molecule has 2 aromatic rings. The number of ether oxygens (including phenoxy) is 2. The molecule has 0 aliphatic carbocycles. The molecule has 2 heterocycles. The fourth-order valence-electron chi connectivity index (χ4n) is 2.33. The van der Waals surface area contributed by atoms with Crippen molar-refractivity contribution >= 4 is 5.95 Å². The van der Waals surface area contributed by atoms with E-state index < -0.39 is 0 Å². The average Bonchev–Trinajstić information content (AvgIpc) is 2.84. The number of hydrogen-bond donors (Lipinski definition) is 1. The number of fused-ring (bicyclic) bond motifs is 1. The van der Waals surface area contributed by atoms with Crippen molar-refractivity contribution in [1.82, 2.24) is 9.55 Å². The summed E-state index contributed by atoms with van der Waals surface area (Å²) in [6.45, 7) is 4.28. The third kappa shape index (κ3) is 1.44. The SMILES string of the molecule is Cc1cc2c(cc1-c1c(C)nc(N)n1C)OCO2. The zero-order chi connectivity index (χ0) is 12.9. The van der Waals surface area contributed by atoms with Crippen molar-refractivity contribution < 1.29 is 9.47 Å². The Morgan fingerprint density at radius 2 is 1.89 bits per heavy atom. The zero-order valence-corrected chi connectivity index (χ0v) is 10.7. The molecule has 0 saturated heterocycles. The van der Waals surface area contributed by atoms with Crippen LogP contribution < -0.4 is 15.2 Å². The van der Waals surface area contributed by atoms with Gasteiger partial charge in [-0.25, -0.2) is 4.98 Å². The summed E-state index contributed by atoms with van der Waals surface area (Å²) >= 11 is 0. The van der Waals surface area contributed by atoms with E-state index in [-0.39, 0.29) is 6.79 Å². The van der Waals surface area contributed by atoms with Gasteiger partial charge in [-0.2, -0.15) is 0 Å². The van der Waals surface area contributed by atoms with Gasteiger partial charge in [-0.05, 0) is 31.5 Å². The molecule has 3 rings (SSSR count). The van der Waals surface area contributed by atoms with Crippen LogP contribution in [-0.4, -0.2) is 16.3 Å². The zero-order valence-electron chi connectivity index (χ0n) is 10.7. The first-order valence-corrected chi connectivity index (χ1v) is 5.77. The van der Waals surface area contributed by atoms with Crippen LogP contribution in [0.25, 0.3) is 11.3 Å². The summed E-state index contributed by atoms with van der Waals surface area (Å²) < 4.78 is 12.7. The van der Waals surface area contributed by atoms with Crippen molar-refractivity contribution in [2.45, 2.75) is 13.8 Å². The van der Waals surface area contributed by atoms with Gasteiger partial charge in [0, 0.05) is 12.6 Å². The number of aryl methyl sites for hydroxylation is 2. The van der Waals surface area contributed by atoms with Gasteiger partial charge < -0.3 is 19.8 Å². The van der Waals surface area contributed by atoms with Gasteiger partial charge >= 0.3 is 0 Å². The fraction of sp³-hybridized carbons (Fsp3) is 0.308. The number of benzene rings is 1. The molecule has 18 heavy (non-hydrogen) atoms. The molecular weight excluding hydrogens is 230 g/mol. The van der Waals surface area contributed by atoms with Crippen molar-refractivity contribution in [2.24, 2.45) is 7.05 Å². The van der Waals surface area contributed by atoms with E-state index >= 15 is 0 Å². The summed E-state index contributed by atoms with van der Waals surface area (Å²) in [5.41, 5.74) is 9.96. The molecule has 0 unspecified atom stereocenters. The Morgan fingerprint density at radius 3 is 2.50 bits per heavy atom. The standard InChI is InChI=1S/C13H15N3O2/c1-7-4-10-11(18-6-17-10)5-9(7)12-8(2)15-13(14)16(12)3/h4-5H,6H2,1-3H3,(H2,14,15). The largest absolute Gasteiger partial charge is 0.454 e. The lowest BCUT2D eigenvalue weighted by Crippen LogP contribution is -1.99. The minimum atomic E-state index is 0.282. The van der Waals surface area contributed by atoms with Crippen molar-refractivity contribution in [1.29, 1.82) is 0 Å². The molecule has 1 aliphatic heterocycles. The first-order chi connectivity index (χ1) is 8.58. The second-order valence-electron chi connectivity index (χ2n) is 4.48. The first kappa shape index (κ1) is 11.0. The quantitative estimate of drug-likeness (QED) is 0.834. The monoisotopic (exact) mass is 245 g/mol. The summed E-state index contributed by atoms with van der Waals surface area (Å²) in [5.74, 6) is 2.08. The second kappa shape index (κ2) is 3.66. The minimum absolute atomic E-state index is 0.282. The van der Waals surface area contributed by atoms with Crippen molar-refractivity contribution in [3.8, 4) is 22.8 Å². The highest BCUT2D eigenvalue weighted by molar-refractivity contribution is 5.72. The summed E-state index contributed by atoms with van der Waals surface area (Å²) in [4.78, 5) is 4.29. The van der Waals surface area contributed by atoms with E-state index in [0.717, 1.165) is 34.0 Å². The maximum Gasteiger partial charge on any atom is 0.231 e. The molecule has 0 radical (unpaired) electrons. The van der Waals surface area contributed by atoms with E-state index in [0.29, 0.717) is 5.95 Å². The Labute approximate surface area is 105 Å². The maximum absolute atomic E-state index is 5.84. The van der Waals surface area contributed by atoms with Crippen LogP contribution in [0.3, 0.4) is 0 Å². The predicted octanol–water partition coefficient (Wildman–Crippen LogP) is 2.01. The first-order valence-electron chi connectivity index (χ1n) is 5.77. The molecule has 1 aliphatic rings. The fourth-order valence-corrected chi connectivity index (χ4v) is 2.33. The van der Waals surface area contributed by atoms with Crippen LogP contribution in [0.4, 0.5) is 5.95 Å². The van der Waals surface area contributed by atoms with Crippen LogP contribution in [0.2, 0.25) is 0 Å². The molecule has 2 N–H and O–H groups in total. The molecule has 0 amide bonds. The molecule has 0 bridgehead atoms.